The van der Waals surface area contributed by atoms with Crippen LogP contribution < -0.4 is 0 Å². The maximum absolute atomic E-state index is 13.5. The molecule has 1 heterocycles. The van der Waals surface area contributed by atoms with Gasteiger partial charge in [0.15, 0.2) is 5.78 Å². The Bertz CT molecular complexity index is 441. The number of carbonyl (C=O) groups is 1. The lowest BCUT2D eigenvalue weighted by atomic mass is 9.95. The normalized spacial score (nSPS) is 20.5. The lowest BCUT2D eigenvalue weighted by molar-refractivity contribution is 0.0876. The zero-order valence-electron chi connectivity index (χ0n) is 11.2. The van der Waals surface area contributed by atoms with Crippen molar-refractivity contribution in [3.8, 4) is 0 Å². The molecule has 1 aliphatic heterocycles. The van der Waals surface area contributed by atoms with E-state index in [2.05, 4.69) is 6.92 Å². The maximum atomic E-state index is 13.5. The summed E-state index contributed by atoms with van der Waals surface area (Å²) >= 11 is 0. The molecule has 2 rings (SSSR count). The Morgan fingerprint density at radius 2 is 2.05 bits per heavy atom. The van der Waals surface area contributed by atoms with E-state index in [-0.39, 0.29) is 6.54 Å². The molecule has 1 unspecified atom stereocenters. The molecular formula is C15H19F2NO. The Kier molecular flexibility index (Phi) is 4.64. The number of benzene rings is 1. The van der Waals surface area contributed by atoms with Gasteiger partial charge in [0.25, 0.3) is 0 Å². The van der Waals surface area contributed by atoms with Crippen LogP contribution in [0.2, 0.25) is 0 Å². The number of likely N-dealkylation sites (tertiary alicyclic amines) is 1. The van der Waals surface area contributed by atoms with Gasteiger partial charge in [-0.3, -0.25) is 9.69 Å². The highest BCUT2D eigenvalue weighted by molar-refractivity contribution is 5.98. The SMILES string of the molecule is CCC1CCCN(CC(=O)c2c(F)cccc2F)C1. The van der Waals surface area contributed by atoms with Crippen molar-refractivity contribution in [2.45, 2.75) is 26.2 Å². The third-order valence-corrected chi connectivity index (χ3v) is 3.79. The van der Waals surface area contributed by atoms with Gasteiger partial charge in [-0.05, 0) is 37.4 Å². The first-order chi connectivity index (χ1) is 9.11. The van der Waals surface area contributed by atoms with Gasteiger partial charge in [-0.1, -0.05) is 19.4 Å². The summed E-state index contributed by atoms with van der Waals surface area (Å²) < 4.78 is 27.0. The van der Waals surface area contributed by atoms with Crippen molar-refractivity contribution in [3.63, 3.8) is 0 Å². The van der Waals surface area contributed by atoms with Crippen LogP contribution in [0.4, 0.5) is 8.78 Å². The van der Waals surface area contributed by atoms with E-state index in [9.17, 15) is 13.6 Å². The number of rotatable bonds is 4. The van der Waals surface area contributed by atoms with E-state index in [1.54, 1.807) is 0 Å². The number of carbonyl (C=O) groups excluding carboxylic acids is 1. The van der Waals surface area contributed by atoms with Gasteiger partial charge in [0, 0.05) is 6.54 Å². The van der Waals surface area contributed by atoms with E-state index in [1.807, 2.05) is 4.90 Å². The number of nitrogens with zero attached hydrogens (tertiary/aromatic N) is 1. The van der Waals surface area contributed by atoms with Crippen molar-refractivity contribution < 1.29 is 13.6 Å². The number of hydrogen-bond acceptors (Lipinski definition) is 2. The van der Waals surface area contributed by atoms with Crippen LogP contribution >= 0.6 is 0 Å². The van der Waals surface area contributed by atoms with Crippen LogP contribution in [0.15, 0.2) is 18.2 Å². The smallest absolute Gasteiger partial charge is 0.182 e. The van der Waals surface area contributed by atoms with Crippen molar-refractivity contribution >= 4 is 5.78 Å². The molecule has 0 saturated carbocycles. The second kappa shape index (κ2) is 6.24. The molecule has 4 heteroatoms. The average molecular weight is 267 g/mol. The van der Waals surface area contributed by atoms with Gasteiger partial charge in [-0.25, -0.2) is 8.78 Å². The Morgan fingerprint density at radius 3 is 2.68 bits per heavy atom. The minimum absolute atomic E-state index is 0.106. The highest BCUT2D eigenvalue weighted by atomic mass is 19.1. The van der Waals surface area contributed by atoms with Crippen LogP contribution in [-0.4, -0.2) is 30.3 Å². The molecule has 0 radical (unpaired) electrons. The van der Waals surface area contributed by atoms with Crippen molar-refractivity contribution in [2.24, 2.45) is 5.92 Å². The molecule has 1 aliphatic rings. The molecule has 0 aliphatic carbocycles. The van der Waals surface area contributed by atoms with E-state index in [1.165, 1.54) is 12.5 Å². The third kappa shape index (κ3) is 3.38. The van der Waals surface area contributed by atoms with Crippen LogP contribution in [0.5, 0.6) is 0 Å². The Balaban J connectivity index is 2.05. The van der Waals surface area contributed by atoms with E-state index in [4.69, 9.17) is 0 Å². The largest absolute Gasteiger partial charge is 0.296 e. The first kappa shape index (κ1) is 14.1. The van der Waals surface area contributed by atoms with Gasteiger partial charge in [0.05, 0.1) is 12.1 Å². The molecule has 0 bridgehead atoms. The minimum Gasteiger partial charge on any atom is -0.296 e. The van der Waals surface area contributed by atoms with E-state index < -0.39 is 23.0 Å². The van der Waals surface area contributed by atoms with Crippen LogP contribution in [0.25, 0.3) is 0 Å². The monoisotopic (exact) mass is 267 g/mol. The Morgan fingerprint density at radius 1 is 1.37 bits per heavy atom. The highest BCUT2D eigenvalue weighted by Crippen LogP contribution is 2.20. The Hall–Kier alpha value is -1.29. The van der Waals surface area contributed by atoms with Gasteiger partial charge < -0.3 is 0 Å². The predicted octanol–water partition coefficient (Wildman–Crippen LogP) is 3.27. The standard InChI is InChI=1S/C15H19F2NO/c1-2-11-5-4-8-18(9-11)10-14(19)15-12(16)6-3-7-13(15)17/h3,6-7,11H,2,4-5,8-10H2,1H3. The molecule has 2 nitrogen and oxygen atoms in total. The van der Waals surface area contributed by atoms with Crippen LogP contribution in [0, 0.1) is 17.6 Å². The van der Waals surface area contributed by atoms with Crippen molar-refractivity contribution in [2.75, 3.05) is 19.6 Å². The molecule has 1 saturated heterocycles. The Labute approximate surface area is 112 Å². The molecular weight excluding hydrogens is 248 g/mol. The van der Waals surface area contributed by atoms with Crippen LogP contribution in [0.1, 0.15) is 36.5 Å². The molecule has 1 fully saturated rings. The summed E-state index contributed by atoms with van der Waals surface area (Å²) in [6.45, 7) is 3.91. The van der Waals surface area contributed by atoms with Gasteiger partial charge >= 0.3 is 0 Å². The summed E-state index contributed by atoms with van der Waals surface area (Å²) in [7, 11) is 0. The summed E-state index contributed by atoms with van der Waals surface area (Å²) in [6.07, 6.45) is 3.31. The molecule has 0 amide bonds. The lowest BCUT2D eigenvalue weighted by Crippen LogP contribution is -2.39. The number of Topliss-reactive ketones (excluding diaryl/α,β-unsaturated/α-hetero) is 1. The summed E-state index contributed by atoms with van der Waals surface area (Å²) in [6, 6.07) is 3.53. The fraction of sp³-hybridized carbons (Fsp3) is 0.533. The second-order valence-electron chi connectivity index (χ2n) is 5.17. The zero-order valence-corrected chi connectivity index (χ0v) is 11.2. The van der Waals surface area contributed by atoms with E-state index >= 15 is 0 Å². The summed E-state index contributed by atoms with van der Waals surface area (Å²) in [5.74, 6) is -1.41. The summed E-state index contributed by atoms with van der Waals surface area (Å²) in [4.78, 5) is 14.0. The van der Waals surface area contributed by atoms with Gasteiger partial charge in [0.1, 0.15) is 11.6 Å². The lowest BCUT2D eigenvalue weighted by Gasteiger charge is -2.31. The van der Waals surface area contributed by atoms with E-state index in [0.717, 1.165) is 38.1 Å². The van der Waals surface area contributed by atoms with Crippen molar-refractivity contribution in [3.05, 3.63) is 35.4 Å². The summed E-state index contributed by atoms with van der Waals surface area (Å²) in [5.41, 5.74) is -0.402. The van der Waals surface area contributed by atoms with Gasteiger partial charge in [0.2, 0.25) is 0 Å². The second-order valence-corrected chi connectivity index (χ2v) is 5.17. The van der Waals surface area contributed by atoms with E-state index in [0.29, 0.717) is 5.92 Å². The summed E-state index contributed by atoms with van der Waals surface area (Å²) in [5, 5.41) is 0. The topological polar surface area (TPSA) is 20.3 Å². The van der Waals surface area contributed by atoms with Crippen molar-refractivity contribution in [1.29, 1.82) is 0 Å². The quantitative estimate of drug-likeness (QED) is 0.780. The molecule has 104 valence electrons. The molecule has 0 spiro atoms. The number of hydrogen-bond donors (Lipinski definition) is 0. The fourth-order valence-electron chi connectivity index (χ4n) is 2.67. The first-order valence-corrected chi connectivity index (χ1v) is 6.81. The van der Waals surface area contributed by atoms with Crippen LogP contribution in [-0.2, 0) is 0 Å². The molecule has 0 N–H and O–H groups in total. The molecule has 0 aromatic heterocycles. The number of ketones is 1. The van der Waals surface area contributed by atoms with Crippen LogP contribution in [0.3, 0.4) is 0 Å². The van der Waals surface area contributed by atoms with Crippen molar-refractivity contribution in [1.82, 2.24) is 4.90 Å². The zero-order chi connectivity index (χ0) is 13.8. The molecule has 1 atom stereocenters. The maximum Gasteiger partial charge on any atom is 0.182 e. The van der Waals surface area contributed by atoms with Gasteiger partial charge in [-0.15, -0.1) is 0 Å². The third-order valence-electron chi connectivity index (χ3n) is 3.79. The average Bonchev–Trinajstić information content (AvgIpc) is 2.38. The fourth-order valence-corrected chi connectivity index (χ4v) is 2.67. The predicted molar refractivity (Wildman–Crippen MR) is 70.1 cm³/mol. The minimum atomic E-state index is -0.769. The number of halogens is 2. The number of piperidine rings is 1. The molecule has 19 heavy (non-hydrogen) atoms. The highest BCUT2D eigenvalue weighted by Gasteiger charge is 2.23. The van der Waals surface area contributed by atoms with Gasteiger partial charge in [-0.2, -0.15) is 0 Å². The molecule has 1 aromatic carbocycles. The molecule has 1 aromatic rings. The first-order valence-electron chi connectivity index (χ1n) is 6.81.